The Morgan fingerprint density at radius 2 is 2.46 bits per heavy atom. The average molecular weight is 187 g/mol. The van der Waals surface area contributed by atoms with Crippen molar-refractivity contribution < 1.29 is 14.3 Å². The van der Waals surface area contributed by atoms with Crippen LogP contribution >= 0.6 is 0 Å². The number of piperidine rings is 1. The van der Waals surface area contributed by atoms with Gasteiger partial charge in [0.05, 0.1) is 0 Å². The number of rotatable bonds is 3. The van der Waals surface area contributed by atoms with Gasteiger partial charge in [0, 0.05) is 19.2 Å². The number of aliphatic carboxylic acids is 1. The molecule has 1 N–H and O–H groups in total. The van der Waals surface area contributed by atoms with Crippen molar-refractivity contribution in [3.63, 3.8) is 0 Å². The number of carbonyl (C=O) groups is 1. The molecule has 74 valence electrons. The standard InChI is InChI=1S/C9H14FNO2/c10-8-3-1-5-11(7-8)6-2-4-9(12)13/h2,4,8H,1,3,5-7H2,(H,12,13). The second kappa shape index (κ2) is 4.97. The van der Waals surface area contributed by atoms with Gasteiger partial charge in [0.25, 0.3) is 0 Å². The Hall–Kier alpha value is -0.900. The van der Waals surface area contributed by atoms with Crippen molar-refractivity contribution in [2.45, 2.75) is 19.0 Å². The lowest BCUT2D eigenvalue weighted by molar-refractivity contribution is -0.131. The number of likely N-dealkylation sites (tertiary alicyclic amines) is 1. The van der Waals surface area contributed by atoms with Gasteiger partial charge in [-0.1, -0.05) is 6.08 Å². The lowest BCUT2D eigenvalue weighted by Crippen LogP contribution is -2.36. The van der Waals surface area contributed by atoms with Crippen molar-refractivity contribution in [2.75, 3.05) is 19.6 Å². The van der Waals surface area contributed by atoms with Crippen LogP contribution in [0.15, 0.2) is 12.2 Å². The fourth-order valence-corrected chi connectivity index (χ4v) is 1.47. The lowest BCUT2D eigenvalue weighted by Gasteiger charge is -2.27. The summed E-state index contributed by atoms with van der Waals surface area (Å²) in [7, 11) is 0. The topological polar surface area (TPSA) is 40.5 Å². The molecule has 0 spiro atoms. The molecular weight excluding hydrogens is 173 g/mol. The Morgan fingerprint density at radius 3 is 3.08 bits per heavy atom. The van der Waals surface area contributed by atoms with Crippen LogP contribution in [0.1, 0.15) is 12.8 Å². The van der Waals surface area contributed by atoms with Crippen LogP contribution in [0.3, 0.4) is 0 Å². The predicted octanol–water partition coefficient (Wildman–Crippen LogP) is 1.06. The maximum absolute atomic E-state index is 12.8. The van der Waals surface area contributed by atoms with Crippen LogP contribution in [0.5, 0.6) is 0 Å². The molecule has 0 radical (unpaired) electrons. The molecule has 1 unspecified atom stereocenters. The van der Waals surface area contributed by atoms with Crippen molar-refractivity contribution in [3.05, 3.63) is 12.2 Å². The molecule has 0 saturated carbocycles. The first-order valence-electron chi connectivity index (χ1n) is 4.44. The molecule has 1 fully saturated rings. The van der Waals surface area contributed by atoms with Crippen LogP contribution < -0.4 is 0 Å². The SMILES string of the molecule is O=C(O)C=CCN1CCCC(F)C1. The van der Waals surface area contributed by atoms with E-state index in [1.165, 1.54) is 0 Å². The summed E-state index contributed by atoms with van der Waals surface area (Å²) in [6.45, 7) is 1.83. The third-order valence-electron chi connectivity index (χ3n) is 2.07. The van der Waals surface area contributed by atoms with E-state index in [2.05, 4.69) is 0 Å². The van der Waals surface area contributed by atoms with E-state index in [1.807, 2.05) is 4.90 Å². The van der Waals surface area contributed by atoms with E-state index >= 15 is 0 Å². The highest BCUT2D eigenvalue weighted by atomic mass is 19.1. The molecule has 0 aromatic rings. The minimum absolute atomic E-state index is 0.434. The highest BCUT2D eigenvalue weighted by Gasteiger charge is 2.17. The van der Waals surface area contributed by atoms with Crippen molar-refractivity contribution in [1.29, 1.82) is 0 Å². The smallest absolute Gasteiger partial charge is 0.328 e. The van der Waals surface area contributed by atoms with Crippen LogP contribution in [0, 0.1) is 0 Å². The maximum Gasteiger partial charge on any atom is 0.328 e. The quantitative estimate of drug-likeness (QED) is 0.672. The number of halogens is 1. The van der Waals surface area contributed by atoms with Gasteiger partial charge in [-0.2, -0.15) is 0 Å². The molecule has 1 atom stereocenters. The molecule has 0 aliphatic carbocycles. The molecule has 0 bridgehead atoms. The molecule has 0 aromatic heterocycles. The van der Waals surface area contributed by atoms with Crippen LogP contribution in [0.25, 0.3) is 0 Å². The van der Waals surface area contributed by atoms with Gasteiger partial charge in [-0.15, -0.1) is 0 Å². The van der Waals surface area contributed by atoms with Crippen molar-refractivity contribution in [2.24, 2.45) is 0 Å². The summed E-state index contributed by atoms with van der Waals surface area (Å²) in [6, 6.07) is 0. The molecule has 13 heavy (non-hydrogen) atoms. The number of hydrogen-bond donors (Lipinski definition) is 1. The molecule has 0 amide bonds. The summed E-state index contributed by atoms with van der Waals surface area (Å²) in [5.74, 6) is -0.950. The first kappa shape index (κ1) is 10.2. The number of alkyl halides is 1. The van der Waals surface area contributed by atoms with E-state index in [-0.39, 0.29) is 0 Å². The number of nitrogens with zero attached hydrogens (tertiary/aromatic N) is 1. The van der Waals surface area contributed by atoms with Gasteiger partial charge in [0.1, 0.15) is 6.17 Å². The second-order valence-electron chi connectivity index (χ2n) is 3.24. The van der Waals surface area contributed by atoms with Gasteiger partial charge < -0.3 is 5.11 Å². The van der Waals surface area contributed by atoms with Crippen LogP contribution in [0.4, 0.5) is 4.39 Å². The third kappa shape index (κ3) is 4.03. The number of carboxylic acids is 1. The number of hydrogen-bond acceptors (Lipinski definition) is 2. The minimum atomic E-state index is -0.950. The zero-order valence-electron chi connectivity index (χ0n) is 7.45. The molecule has 1 heterocycles. The summed E-state index contributed by atoms with van der Waals surface area (Å²) in [4.78, 5) is 12.1. The van der Waals surface area contributed by atoms with Crippen molar-refractivity contribution in [3.8, 4) is 0 Å². The minimum Gasteiger partial charge on any atom is -0.478 e. The van der Waals surface area contributed by atoms with Gasteiger partial charge >= 0.3 is 5.97 Å². The van der Waals surface area contributed by atoms with Gasteiger partial charge in [-0.25, -0.2) is 9.18 Å². The van der Waals surface area contributed by atoms with E-state index in [9.17, 15) is 9.18 Å². The van der Waals surface area contributed by atoms with E-state index in [0.29, 0.717) is 19.5 Å². The summed E-state index contributed by atoms with van der Waals surface area (Å²) in [6.07, 6.45) is 3.41. The molecule has 1 aliphatic heterocycles. The third-order valence-corrected chi connectivity index (χ3v) is 2.07. The second-order valence-corrected chi connectivity index (χ2v) is 3.24. The van der Waals surface area contributed by atoms with Gasteiger partial charge in [0.15, 0.2) is 0 Å². The maximum atomic E-state index is 12.8. The fourth-order valence-electron chi connectivity index (χ4n) is 1.47. The lowest BCUT2D eigenvalue weighted by atomic mass is 10.1. The molecule has 3 nitrogen and oxygen atoms in total. The predicted molar refractivity (Wildman–Crippen MR) is 47.3 cm³/mol. The summed E-state index contributed by atoms with van der Waals surface area (Å²) < 4.78 is 12.8. The Morgan fingerprint density at radius 1 is 1.69 bits per heavy atom. The fraction of sp³-hybridized carbons (Fsp3) is 0.667. The molecule has 1 rings (SSSR count). The van der Waals surface area contributed by atoms with Gasteiger partial charge in [0.2, 0.25) is 0 Å². The van der Waals surface area contributed by atoms with Crippen molar-refractivity contribution in [1.82, 2.24) is 4.90 Å². The highest BCUT2D eigenvalue weighted by molar-refractivity contribution is 5.79. The summed E-state index contributed by atoms with van der Waals surface area (Å²) >= 11 is 0. The first-order chi connectivity index (χ1) is 6.18. The Kier molecular flexibility index (Phi) is 3.89. The van der Waals surface area contributed by atoms with E-state index < -0.39 is 12.1 Å². The monoisotopic (exact) mass is 187 g/mol. The molecule has 0 aromatic carbocycles. The van der Waals surface area contributed by atoms with Crippen LogP contribution in [-0.2, 0) is 4.79 Å². The van der Waals surface area contributed by atoms with Gasteiger partial charge in [-0.3, -0.25) is 4.90 Å². The average Bonchev–Trinajstić information content (AvgIpc) is 2.03. The molecule has 1 aliphatic rings. The van der Waals surface area contributed by atoms with E-state index in [0.717, 1.165) is 19.0 Å². The highest BCUT2D eigenvalue weighted by Crippen LogP contribution is 2.12. The molecule has 1 saturated heterocycles. The Labute approximate surface area is 76.8 Å². The largest absolute Gasteiger partial charge is 0.478 e. The number of carboxylic acid groups (broad SMARTS) is 1. The van der Waals surface area contributed by atoms with Crippen molar-refractivity contribution >= 4 is 5.97 Å². The summed E-state index contributed by atoms with van der Waals surface area (Å²) in [5.41, 5.74) is 0. The van der Waals surface area contributed by atoms with E-state index in [1.54, 1.807) is 6.08 Å². The normalized spacial score (nSPS) is 25.2. The zero-order valence-corrected chi connectivity index (χ0v) is 7.45. The van der Waals surface area contributed by atoms with Crippen LogP contribution in [0.2, 0.25) is 0 Å². The first-order valence-corrected chi connectivity index (χ1v) is 4.44. The zero-order chi connectivity index (χ0) is 9.68. The van der Waals surface area contributed by atoms with Crippen LogP contribution in [-0.4, -0.2) is 41.8 Å². The summed E-state index contributed by atoms with van der Waals surface area (Å²) in [5, 5.41) is 8.32. The molecule has 4 heteroatoms. The van der Waals surface area contributed by atoms with E-state index in [4.69, 9.17) is 5.11 Å². The Bertz CT molecular complexity index is 206. The van der Waals surface area contributed by atoms with Gasteiger partial charge in [-0.05, 0) is 19.4 Å². The Balaban J connectivity index is 2.24. The molecular formula is C9H14FNO2.